The summed E-state index contributed by atoms with van der Waals surface area (Å²) in [5.41, 5.74) is 2.53. The Balaban J connectivity index is 1.83. The summed E-state index contributed by atoms with van der Waals surface area (Å²) in [6.45, 7) is 1.94. The Hall–Kier alpha value is -2.93. The van der Waals surface area contributed by atoms with Gasteiger partial charge < -0.3 is 20.7 Å². The summed E-state index contributed by atoms with van der Waals surface area (Å²) in [5.74, 6) is -0.526. The van der Waals surface area contributed by atoms with Gasteiger partial charge in [-0.25, -0.2) is 9.18 Å². The smallest absolute Gasteiger partial charge is 0.319 e. The molecule has 0 unspecified atom stereocenters. The van der Waals surface area contributed by atoms with Gasteiger partial charge in [0.05, 0.1) is 0 Å². The number of carbonyl (C=O) groups excluding carboxylic acids is 2. The molecule has 25 heavy (non-hydrogen) atoms. The molecule has 0 aromatic heterocycles. The van der Waals surface area contributed by atoms with Crippen LogP contribution >= 0.6 is 0 Å². The molecular weight excluding hydrogens is 325 g/mol. The van der Waals surface area contributed by atoms with Crippen molar-refractivity contribution in [1.82, 2.24) is 5.32 Å². The number of hydrogen-bond acceptors (Lipinski definition) is 3. The van der Waals surface area contributed by atoms with E-state index in [1.165, 1.54) is 13.2 Å². The summed E-state index contributed by atoms with van der Waals surface area (Å²) in [7, 11) is 1.44. The number of halogens is 1. The third kappa shape index (κ3) is 5.89. The summed E-state index contributed by atoms with van der Waals surface area (Å²) in [5, 5.41) is 8.04. The molecule has 0 aliphatic heterocycles. The van der Waals surface area contributed by atoms with E-state index in [0.717, 1.165) is 5.56 Å². The van der Waals surface area contributed by atoms with Crippen molar-refractivity contribution in [2.24, 2.45) is 0 Å². The number of benzene rings is 2. The summed E-state index contributed by atoms with van der Waals surface area (Å²) in [6, 6.07) is 11.0. The highest BCUT2D eigenvalue weighted by atomic mass is 19.1. The number of amides is 3. The van der Waals surface area contributed by atoms with Crippen LogP contribution in [0.1, 0.15) is 11.1 Å². The van der Waals surface area contributed by atoms with Crippen molar-refractivity contribution in [1.29, 1.82) is 0 Å². The maximum absolute atomic E-state index is 13.2. The summed E-state index contributed by atoms with van der Waals surface area (Å²) in [4.78, 5) is 23.3. The van der Waals surface area contributed by atoms with Crippen LogP contribution in [0, 0.1) is 12.7 Å². The molecule has 0 aliphatic rings. The van der Waals surface area contributed by atoms with Gasteiger partial charge in [-0.1, -0.05) is 12.1 Å². The van der Waals surface area contributed by atoms with Crippen LogP contribution in [-0.2, 0) is 16.1 Å². The van der Waals surface area contributed by atoms with E-state index >= 15 is 0 Å². The second-order valence-electron chi connectivity index (χ2n) is 5.45. The van der Waals surface area contributed by atoms with Gasteiger partial charge in [-0.05, 0) is 48.4 Å². The zero-order valence-corrected chi connectivity index (χ0v) is 14.1. The van der Waals surface area contributed by atoms with Gasteiger partial charge in [0.15, 0.2) is 0 Å². The molecule has 0 saturated carbocycles. The highest BCUT2D eigenvalue weighted by molar-refractivity contribution is 5.93. The molecule has 0 saturated heterocycles. The van der Waals surface area contributed by atoms with Crippen molar-refractivity contribution in [2.45, 2.75) is 13.5 Å². The van der Waals surface area contributed by atoms with Crippen LogP contribution in [-0.4, -0.2) is 25.7 Å². The van der Waals surface area contributed by atoms with Crippen LogP contribution in [0.2, 0.25) is 0 Å². The number of urea groups is 1. The van der Waals surface area contributed by atoms with E-state index in [9.17, 15) is 14.0 Å². The molecule has 0 heterocycles. The van der Waals surface area contributed by atoms with Crippen LogP contribution in [0.4, 0.5) is 20.6 Å². The Morgan fingerprint density at radius 2 is 1.68 bits per heavy atom. The first-order chi connectivity index (χ1) is 12.0. The topological polar surface area (TPSA) is 79.5 Å². The number of rotatable bonds is 6. The van der Waals surface area contributed by atoms with Gasteiger partial charge >= 0.3 is 6.03 Å². The van der Waals surface area contributed by atoms with E-state index in [0.29, 0.717) is 16.9 Å². The van der Waals surface area contributed by atoms with Crippen LogP contribution in [0.3, 0.4) is 0 Å². The fraction of sp³-hybridized carbons (Fsp3) is 0.222. The molecule has 0 atom stereocenters. The van der Waals surface area contributed by atoms with Gasteiger partial charge in [0.2, 0.25) is 5.91 Å². The standard InChI is InChI=1S/C18H20FN3O3/c1-12-9-13(3-8-16(12)19)10-20-18(24)22-15-6-4-14(5-7-15)21-17(23)11-25-2/h3-9H,10-11H2,1-2H3,(H,21,23)(H2,20,22,24). The SMILES string of the molecule is COCC(=O)Nc1ccc(NC(=O)NCc2ccc(F)c(C)c2)cc1. The lowest BCUT2D eigenvalue weighted by Gasteiger charge is -2.09. The van der Waals surface area contributed by atoms with Gasteiger partial charge in [0.25, 0.3) is 0 Å². The largest absolute Gasteiger partial charge is 0.375 e. The van der Waals surface area contributed by atoms with Gasteiger partial charge in [-0.2, -0.15) is 0 Å². The van der Waals surface area contributed by atoms with Crippen molar-refractivity contribution in [3.63, 3.8) is 0 Å². The molecular formula is C18H20FN3O3. The van der Waals surface area contributed by atoms with E-state index < -0.39 is 0 Å². The fourth-order valence-corrected chi connectivity index (χ4v) is 2.14. The zero-order chi connectivity index (χ0) is 18.2. The molecule has 0 spiro atoms. The highest BCUT2D eigenvalue weighted by Crippen LogP contribution is 2.14. The van der Waals surface area contributed by atoms with Crippen molar-refractivity contribution < 1.29 is 18.7 Å². The van der Waals surface area contributed by atoms with Gasteiger partial charge in [0.1, 0.15) is 12.4 Å². The molecule has 3 amide bonds. The molecule has 3 N–H and O–H groups in total. The lowest BCUT2D eigenvalue weighted by Crippen LogP contribution is -2.28. The Kier molecular flexibility index (Phi) is 6.47. The van der Waals surface area contributed by atoms with Crippen LogP contribution < -0.4 is 16.0 Å². The molecule has 0 aliphatic carbocycles. The third-order valence-corrected chi connectivity index (χ3v) is 3.38. The number of nitrogens with one attached hydrogen (secondary N) is 3. The normalized spacial score (nSPS) is 10.2. The van der Waals surface area contributed by atoms with Crippen molar-refractivity contribution in [3.8, 4) is 0 Å². The average molecular weight is 345 g/mol. The summed E-state index contributed by atoms with van der Waals surface area (Å²) < 4.78 is 17.9. The second-order valence-corrected chi connectivity index (χ2v) is 5.45. The zero-order valence-electron chi connectivity index (χ0n) is 14.1. The maximum atomic E-state index is 13.2. The van der Waals surface area contributed by atoms with E-state index in [1.54, 1.807) is 43.3 Å². The molecule has 7 heteroatoms. The van der Waals surface area contributed by atoms with E-state index in [1.807, 2.05) is 0 Å². The number of methoxy groups -OCH3 is 1. The van der Waals surface area contributed by atoms with E-state index in [4.69, 9.17) is 4.74 Å². The van der Waals surface area contributed by atoms with Gasteiger partial charge in [0, 0.05) is 25.0 Å². The van der Waals surface area contributed by atoms with Crippen LogP contribution in [0.25, 0.3) is 0 Å². The molecule has 6 nitrogen and oxygen atoms in total. The Labute approximate surface area is 145 Å². The Bertz CT molecular complexity index is 748. The van der Waals surface area contributed by atoms with E-state index in [-0.39, 0.29) is 30.9 Å². The molecule has 2 rings (SSSR count). The molecule has 2 aromatic rings. The molecule has 0 bridgehead atoms. The van der Waals surface area contributed by atoms with Gasteiger partial charge in [-0.15, -0.1) is 0 Å². The molecule has 0 radical (unpaired) electrons. The van der Waals surface area contributed by atoms with Gasteiger partial charge in [-0.3, -0.25) is 4.79 Å². The minimum absolute atomic E-state index is 0.0226. The second kappa shape index (κ2) is 8.79. The van der Waals surface area contributed by atoms with Crippen LogP contribution in [0.5, 0.6) is 0 Å². The predicted molar refractivity (Wildman–Crippen MR) is 93.9 cm³/mol. The summed E-state index contributed by atoms with van der Waals surface area (Å²) >= 11 is 0. The number of hydrogen-bond donors (Lipinski definition) is 3. The number of ether oxygens (including phenoxy) is 1. The molecule has 0 fully saturated rings. The monoisotopic (exact) mass is 345 g/mol. The molecule has 2 aromatic carbocycles. The maximum Gasteiger partial charge on any atom is 0.319 e. The number of anilines is 2. The van der Waals surface area contributed by atoms with E-state index in [2.05, 4.69) is 16.0 Å². The summed E-state index contributed by atoms with van der Waals surface area (Å²) in [6.07, 6.45) is 0. The Morgan fingerprint density at radius 1 is 1.04 bits per heavy atom. The molecule has 132 valence electrons. The Morgan fingerprint density at radius 3 is 2.28 bits per heavy atom. The number of aryl methyl sites for hydroxylation is 1. The predicted octanol–water partition coefficient (Wildman–Crippen LogP) is 3.04. The minimum atomic E-state index is -0.377. The van der Waals surface area contributed by atoms with Crippen molar-refractivity contribution in [3.05, 3.63) is 59.4 Å². The quantitative estimate of drug-likeness (QED) is 0.753. The number of carbonyl (C=O) groups is 2. The van der Waals surface area contributed by atoms with Crippen molar-refractivity contribution in [2.75, 3.05) is 24.4 Å². The minimum Gasteiger partial charge on any atom is -0.375 e. The van der Waals surface area contributed by atoms with Crippen LogP contribution in [0.15, 0.2) is 42.5 Å². The fourth-order valence-electron chi connectivity index (χ4n) is 2.14. The lowest BCUT2D eigenvalue weighted by molar-refractivity contribution is -0.119. The first kappa shape index (κ1) is 18.4. The third-order valence-electron chi connectivity index (χ3n) is 3.38. The highest BCUT2D eigenvalue weighted by Gasteiger charge is 2.05. The first-order valence-corrected chi connectivity index (χ1v) is 7.66. The first-order valence-electron chi connectivity index (χ1n) is 7.66. The van der Waals surface area contributed by atoms with Crippen molar-refractivity contribution >= 4 is 23.3 Å². The lowest BCUT2D eigenvalue weighted by atomic mass is 10.1. The average Bonchev–Trinajstić information content (AvgIpc) is 2.58.